The lowest BCUT2D eigenvalue weighted by molar-refractivity contribution is -0.121. The molecule has 1 saturated heterocycles. The highest BCUT2D eigenvalue weighted by Crippen LogP contribution is 2.25. The summed E-state index contributed by atoms with van der Waals surface area (Å²) in [5.41, 5.74) is 0. The average molecular weight is 348 g/mol. The number of hydrogen-bond acceptors (Lipinski definition) is 5. The van der Waals surface area contributed by atoms with Crippen molar-refractivity contribution in [3.8, 4) is 0 Å². The second-order valence-corrected chi connectivity index (χ2v) is 6.86. The fraction of sp³-hybridized carbons (Fsp3) is 0.737. The molecule has 0 aliphatic carbocycles. The summed E-state index contributed by atoms with van der Waals surface area (Å²) >= 11 is 0. The lowest BCUT2D eigenvalue weighted by Gasteiger charge is -2.32. The first-order valence-corrected chi connectivity index (χ1v) is 9.80. The number of aromatic nitrogens is 2. The largest absolute Gasteiger partial charge is 0.370 e. The molecule has 0 spiro atoms. The van der Waals surface area contributed by atoms with Crippen molar-refractivity contribution < 1.29 is 4.79 Å². The number of nitrogens with zero attached hydrogens (tertiary/aromatic N) is 3. The Hall–Kier alpha value is -1.85. The summed E-state index contributed by atoms with van der Waals surface area (Å²) in [6.07, 6.45) is 8.83. The van der Waals surface area contributed by atoms with Gasteiger partial charge in [0.25, 0.3) is 0 Å². The van der Waals surface area contributed by atoms with E-state index in [9.17, 15) is 4.79 Å². The molecule has 1 aromatic rings. The number of anilines is 2. The van der Waals surface area contributed by atoms with E-state index in [4.69, 9.17) is 0 Å². The molecule has 140 valence electrons. The highest BCUT2D eigenvalue weighted by Gasteiger charge is 2.21. The van der Waals surface area contributed by atoms with E-state index in [-0.39, 0.29) is 5.91 Å². The molecule has 1 fully saturated rings. The Labute approximate surface area is 151 Å². The second kappa shape index (κ2) is 10.9. The van der Waals surface area contributed by atoms with E-state index < -0.39 is 0 Å². The van der Waals surface area contributed by atoms with Gasteiger partial charge in [-0.2, -0.15) is 0 Å². The molecular weight excluding hydrogens is 314 g/mol. The molecule has 1 amide bonds. The van der Waals surface area contributed by atoms with Gasteiger partial charge in [0.15, 0.2) is 0 Å². The lowest BCUT2D eigenvalue weighted by Crippen LogP contribution is -2.35. The van der Waals surface area contributed by atoms with Gasteiger partial charge in [-0.3, -0.25) is 4.79 Å². The number of rotatable bonds is 10. The van der Waals surface area contributed by atoms with Gasteiger partial charge >= 0.3 is 0 Å². The summed E-state index contributed by atoms with van der Waals surface area (Å²) in [4.78, 5) is 22.9. The fourth-order valence-electron chi connectivity index (χ4n) is 3.15. The molecule has 0 radical (unpaired) electrons. The van der Waals surface area contributed by atoms with Crippen LogP contribution in [0.25, 0.3) is 0 Å². The molecule has 25 heavy (non-hydrogen) atoms. The minimum Gasteiger partial charge on any atom is -0.370 e. The Morgan fingerprint density at radius 2 is 2.00 bits per heavy atom. The van der Waals surface area contributed by atoms with Gasteiger partial charge in [0.05, 0.1) is 0 Å². The Bertz CT molecular complexity index is 514. The number of carbonyl (C=O) groups excluding carboxylic acids is 1. The molecule has 1 aliphatic rings. The summed E-state index contributed by atoms with van der Waals surface area (Å²) in [5, 5.41) is 6.32. The summed E-state index contributed by atoms with van der Waals surface area (Å²) in [6, 6.07) is 2.04. The Morgan fingerprint density at radius 3 is 2.72 bits per heavy atom. The third kappa shape index (κ3) is 6.88. The van der Waals surface area contributed by atoms with Gasteiger partial charge in [-0.15, -0.1) is 0 Å². The first-order valence-electron chi connectivity index (χ1n) is 9.80. The minimum absolute atomic E-state index is 0.207. The van der Waals surface area contributed by atoms with Crippen molar-refractivity contribution in [3.05, 3.63) is 12.4 Å². The normalized spacial score (nSPS) is 15.2. The topological polar surface area (TPSA) is 70.2 Å². The molecule has 0 atom stereocenters. The van der Waals surface area contributed by atoms with Gasteiger partial charge in [-0.1, -0.05) is 20.3 Å². The monoisotopic (exact) mass is 347 g/mol. The van der Waals surface area contributed by atoms with Crippen molar-refractivity contribution in [3.63, 3.8) is 0 Å². The molecule has 2 N–H and O–H groups in total. The van der Waals surface area contributed by atoms with Crippen LogP contribution in [0.15, 0.2) is 12.4 Å². The van der Waals surface area contributed by atoms with Crippen molar-refractivity contribution in [2.45, 2.75) is 58.8 Å². The van der Waals surface area contributed by atoms with E-state index in [2.05, 4.69) is 39.3 Å². The first kappa shape index (κ1) is 19.5. The van der Waals surface area contributed by atoms with E-state index in [1.54, 1.807) is 6.33 Å². The molecule has 2 rings (SSSR count). The van der Waals surface area contributed by atoms with Crippen molar-refractivity contribution in [1.82, 2.24) is 15.3 Å². The van der Waals surface area contributed by atoms with Crippen molar-refractivity contribution in [1.29, 1.82) is 0 Å². The number of amides is 1. The van der Waals surface area contributed by atoms with Crippen LogP contribution < -0.4 is 15.5 Å². The van der Waals surface area contributed by atoms with Crippen LogP contribution in [0.3, 0.4) is 0 Å². The Balaban J connectivity index is 1.71. The van der Waals surface area contributed by atoms with E-state index in [1.807, 2.05) is 6.07 Å². The number of piperidine rings is 1. The Morgan fingerprint density at radius 1 is 1.20 bits per heavy atom. The highest BCUT2D eigenvalue weighted by atomic mass is 16.1. The van der Waals surface area contributed by atoms with Gasteiger partial charge in [-0.25, -0.2) is 9.97 Å². The Kier molecular flexibility index (Phi) is 8.49. The number of unbranched alkanes of at least 4 members (excludes halogenated alkanes) is 1. The SMILES string of the molecule is CCCCNC(=O)CCC1CCN(c2cc(NCCC)ncn2)CC1. The summed E-state index contributed by atoms with van der Waals surface area (Å²) in [5.74, 6) is 2.76. The van der Waals surface area contributed by atoms with Crippen LogP contribution >= 0.6 is 0 Å². The predicted octanol–water partition coefficient (Wildman–Crippen LogP) is 3.21. The van der Waals surface area contributed by atoms with E-state index in [0.717, 1.165) is 76.3 Å². The molecule has 0 aromatic carbocycles. The van der Waals surface area contributed by atoms with Gasteiger partial charge < -0.3 is 15.5 Å². The van der Waals surface area contributed by atoms with Crippen molar-refractivity contribution in [2.24, 2.45) is 5.92 Å². The molecule has 1 aromatic heterocycles. The zero-order valence-electron chi connectivity index (χ0n) is 15.8. The number of hydrogen-bond donors (Lipinski definition) is 2. The van der Waals surface area contributed by atoms with Gasteiger partial charge in [-0.05, 0) is 38.0 Å². The van der Waals surface area contributed by atoms with E-state index >= 15 is 0 Å². The van der Waals surface area contributed by atoms with Gasteiger partial charge in [0.2, 0.25) is 5.91 Å². The molecule has 6 heteroatoms. The third-order valence-electron chi connectivity index (χ3n) is 4.78. The summed E-state index contributed by atoms with van der Waals surface area (Å²) in [6.45, 7) is 8.04. The van der Waals surface area contributed by atoms with Gasteiger partial charge in [0, 0.05) is 38.7 Å². The maximum absolute atomic E-state index is 11.8. The van der Waals surface area contributed by atoms with Crippen LogP contribution in [0.2, 0.25) is 0 Å². The second-order valence-electron chi connectivity index (χ2n) is 6.86. The summed E-state index contributed by atoms with van der Waals surface area (Å²) < 4.78 is 0. The smallest absolute Gasteiger partial charge is 0.220 e. The third-order valence-corrected chi connectivity index (χ3v) is 4.78. The maximum atomic E-state index is 11.8. The molecule has 0 saturated carbocycles. The molecule has 1 aliphatic heterocycles. The predicted molar refractivity (Wildman–Crippen MR) is 103 cm³/mol. The molecular formula is C19H33N5O. The van der Waals surface area contributed by atoms with E-state index in [1.165, 1.54) is 0 Å². The minimum atomic E-state index is 0.207. The highest BCUT2D eigenvalue weighted by molar-refractivity contribution is 5.75. The average Bonchev–Trinajstić information content (AvgIpc) is 2.65. The zero-order valence-corrected chi connectivity index (χ0v) is 15.8. The first-order chi connectivity index (χ1) is 12.2. The van der Waals surface area contributed by atoms with E-state index in [0.29, 0.717) is 12.3 Å². The lowest BCUT2D eigenvalue weighted by atomic mass is 9.92. The fourth-order valence-corrected chi connectivity index (χ4v) is 3.15. The van der Waals surface area contributed by atoms with Crippen molar-refractivity contribution >= 4 is 17.5 Å². The number of carbonyl (C=O) groups is 1. The van der Waals surface area contributed by atoms with Crippen LogP contribution in [-0.4, -0.2) is 42.1 Å². The summed E-state index contributed by atoms with van der Waals surface area (Å²) in [7, 11) is 0. The van der Waals surface area contributed by atoms with Crippen LogP contribution in [-0.2, 0) is 4.79 Å². The molecule has 0 bridgehead atoms. The van der Waals surface area contributed by atoms with Crippen LogP contribution in [0.1, 0.15) is 58.8 Å². The number of nitrogens with one attached hydrogen (secondary N) is 2. The molecule has 0 unspecified atom stereocenters. The zero-order chi connectivity index (χ0) is 17.9. The van der Waals surface area contributed by atoms with Crippen LogP contribution in [0.5, 0.6) is 0 Å². The molecule has 2 heterocycles. The van der Waals surface area contributed by atoms with Gasteiger partial charge in [0.1, 0.15) is 18.0 Å². The van der Waals surface area contributed by atoms with Crippen LogP contribution in [0.4, 0.5) is 11.6 Å². The molecule has 6 nitrogen and oxygen atoms in total. The van der Waals surface area contributed by atoms with Crippen molar-refractivity contribution in [2.75, 3.05) is 36.4 Å². The quantitative estimate of drug-likeness (QED) is 0.636. The standard InChI is InChI=1S/C19H33N5O/c1-3-5-11-21-19(25)7-6-16-8-12-24(13-9-16)18-14-17(20-10-4-2)22-15-23-18/h14-16H,3-13H2,1-2H3,(H,21,25)(H,20,22,23). The maximum Gasteiger partial charge on any atom is 0.220 e. The van der Waals surface area contributed by atoms with Crippen LogP contribution in [0, 0.1) is 5.92 Å².